The number of hydrogen-bond acceptors (Lipinski definition) is 6. The van der Waals surface area contributed by atoms with Gasteiger partial charge in [-0.15, -0.1) is 0 Å². The van der Waals surface area contributed by atoms with E-state index in [1.54, 1.807) is 18.2 Å². The summed E-state index contributed by atoms with van der Waals surface area (Å²) in [6, 6.07) is 10.5. The fraction of sp³-hybridized carbons (Fsp3) is 0.261. The molecule has 0 spiro atoms. The number of anilines is 2. The Morgan fingerprint density at radius 2 is 1.76 bits per heavy atom. The van der Waals surface area contributed by atoms with Crippen molar-refractivity contribution in [2.24, 2.45) is 0 Å². The van der Waals surface area contributed by atoms with Gasteiger partial charge >= 0.3 is 6.03 Å². The lowest BCUT2D eigenvalue weighted by atomic mass is 10.0. The van der Waals surface area contributed by atoms with Crippen LogP contribution in [0.2, 0.25) is 0 Å². The maximum absolute atomic E-state index is 13.2. The summed E-state index contributed by atoms with van der Waals surface area (Å²) >= 11 is 0. The van der Waals surface area contributed by atoms with Gasteiger partial charge in [0.15, 0.2) is 0 Å². The summed E-state index contributed by atoms with van der Waals surface area (Å²) in [5.41, 5.74) is 2.02. The second-order valence-electron chi connectivity index (χ2n) is 7.83. The van der Waals surface area contributed by atoms with Crippen molar-refractivity contribution >= 4 is 41.0 Å². The molecule has 34 heavy (non-hydrogen) atoms. The summed E-state index contributed by atoms with van der Waals surface area (Å²) in [7, 11) is 0. The Bertz CT molecular complexity index is 1160. The van der Waals surface area contributed by atoms with Crippen molar-refractivity contribution < 1.29 is 37.0 Å². The molecule has 0 saturated carbocycles. The topological polar surface area (TPSA) is 129 Å². The minimum Gasteiger partial charge on any atom is -1.00 e. The minimum absolute atomic E-state index is 0. The molecular weight excluding hydrogens is 462 g/mol. The number of amides is 4. The average molecular weight is 486 g/mol. The van der Waals surface area contributed by atoms with E-state index in [1.165, 1.54) is 18.2 Å². The van der Waals surface area contributed by atoms with E-state index in [2.05, 4.69) is 15.5 Å². The molecule has 2 heterocycles. The van der Waals surface area contributed by atoms with Crippen molar-refractivity contribution in [2.45, 2.75) is 13.3 Å². The normalized spacial score (nSPS) is 17.4. The highest BCUT2D eigenvalue weighted by molar-refractivity contribution is 6.39. The van der Waals surface area contributed by atoms with Crippen LogP contribution in [0.5, 0.6) is 0 Å². The summed E-state index contributed by atoms with van der Waals surface area (Å²) in [6.45, 7) is 5.17. The molecule has 2 fully saturated rings. The van der Waals surface area contributed by atoms with Crippen molar-refractivity contribution in [1.29, 1.82) is 0 Å². The zero-order valence-electron chi connectivity index (χ0n) is 18.5. The van der Waals surface area contributed by atoms with Gasteiger partial charge in [0, 0.05) is 23.4 Å². The molecule has 0 aliphatic carbocycles. The van der Waals surface area contributed by atoms with Crippen LogP contribution in [0, 0.1) is 10.1 Å². The van der Waals surface area contributed by atoms with Crippen LogP contribution in [0.4, 0.5) is 21.9 Å². The predicted octanol–water partition coefficient (Wildman–Crippen LogP) is -1.79. The van der Waals surface area contributed by atoms with Gasteiger partial charge < -0.3 is 22.6 Å². The summed E-state index contributed by atoms with van der Waals surface area (Å²) in [5, 5.41) is 15.7. The lowest BCUT2D eigenvalue weighted by Crippen LogP contribution is -3.00. The second-order valence-corrected chi connectivity index (χ2v) is 7.83. The lowest BCUT2D eigenvalue weighted by molar-refractivity contribution is -0.655. The fourth-order valence-corrected chi connectivity index (χ4v) is 3.98. The highest BCUT2D eigenvalue weighted by Crippen LogP contribution is 2.29. The van der Waals surface area contributed by atoms with Crippen molar-refractivity contribution in [1.82, 2.24) is 5.32 Å². The van der Waals surface area contributed by atoms with Crippen LogP contribution < -0.4 is 32.8 Å². The molecule has 2 aliphatic heterocycles. The molecule has 10 nitrogen and oxygen atoms in total. The van der Waals surface area contributed by atoms with Crippen LogP contribution in [0.3, 0.4) is 0 Å². The number of nitrogens with two attached hydrogens (primary N) is 1. The van der Waals surface area contributed by atoms with Crippen molar-refractivity contribution in [2.75, 3.05) is 36.0 Å². The third kappa shape index (κ3) is 4.92. The summed E-state index contributed by atoms with van der Waals surface area (Å²) in [6.07, 6.45) is 2.13. The first-order valence-corrected chi connectivity index (χ1v) is 10.7. The molecule has 3 N–H and O–H groups in total. The number of hydrogen-bond donors (Lipinski definition) is 2. The number of carbonyl (C=O) groups is 3. The van der Waals surface area contributed by atoms with E-state index in [4.69, 9.17) is 0 Å². The molecule has 11 heteroatoms. The Kier molecular flexibility index (Phi) is 7.64. The number of nitrogens with one attached hydrogen (secondary N) is 1. The van der Waals surface area contributed by atoms with Crippen molar-refractivity contribution in [3.63, 3.8) is 0 Å². The van der Waals surface area contributed by atoms with Crippen LogP contribution in [-0.4, -0.2) is 48.9 Å². The molecule has 0 atom stereocenters. The van der Waals surface area contributed by atoms with Gasteiger partial charge in [-0.05, 0) is 36.3 Å². The first kappa shape index (κ1) is 24.9. The zero-order valence-corrected chi connectivity index (χ0v) is 19.2. The molecule has 0 radical (unpaired) electrons. The Morgan fingerprint density at radius 1 is 1.09 bits per heavy atom. The summed E-state index contributed by atoms with van der Waals surface area (Å²) in [4.78, 5) is 52.1. The van der Waals surface area contributed by atoms with Crippen molar-refractivity contribution in [3.05, 3.63) is 69.3 Å². The van der Waals surface area contributed by atoms with E-state index >= 15 is 0 Å². The maximum Gasteiger partial charge on any atom is 0.335 e. The van der Waals surface area contributed by atoms with Gasteiger partial charge in [0.2, 0.25) is 0 Å². The van der Waals surface area contributed by atoms with Crippen LogP contribution in [-0.2, 0) is 16.0 Å². The highest BCUT2D eigenvalue weighted by atomic mass is 35.5. The molecule has 178 valence electrons. The Morgan fingerprint density at radius 3 is 2.38 bits per heavy atom. The highest BCUT2D eigenvalue weighted by Gasteiger charge is 2.37. The summed E-state index contributed by atoms with van der Waals surface area (Å²) in [5.74, 6) is -1.62. The minimum atomic E-state index is -0.837. The number of imide groups is 2. The molecule has 2 saturated heterocycles. The number of nitro groups is 1. The van der Waals surface area contributed by atoms with Crippen molar-refractivity contribution in [3.8, 4) is 0 Å². The number of nitro benzene ring substituents is 1. The zero-order chi connectivity index (χ0) is 23.5. The summed E-state index contributed by atoms with van der Waals surface area (Å²) < 4.78 is 0. The smallest absolute Gasteiger partial charge is 0.335 e. The molecule has 0 unspecified atom stereocenters. The van der Waals surface area contributed by atoms with Gasteiger partial charge in [-0.3, -0.25) is 25.0 Å². The molecule has 4 amide bonds. The number of piperazine rings is 1. The lowest BCUT2D eigenvalue weighted by Gasteiger charge is -2.29. The number of nitrogens with zero attached hydrogens (tertiary/aromatic N) is 3. The largest absolute Gasteiger partial charge is 1.00 e. The molecule has 2 aliphatic rings. The van der Waals surface area contributed by atoms with E-state index in [9.17, 15) is 24.5 Å². The quantitative estimate of drug-likeness (QED) is 0.223. The molecule has 0 aromatic heterocycles. The molecule has 0 bridgehead atoms. The monoisotopic (exact) mass is 485 g/mol. The average Bonchev–Trinajstić information content (AvgIpc) is 2.82. The number of urea groups is 1. The number of benzene rings is 2. The van der Waals surface area contributed by atoms with Crippen LogP contribution in [0.1, 0.15) is 18.1 Å². The third-order valence-electron chi connectivity index (χ3n) is 5.77. The molecule has 2 aromatic carbocycles. The van der Waals surface area contributed by atoms with E-state index in [0.717, 1.165) is 43.1 Å². The number of quaternary nitrogens is 1. The van der Waals surface area contributed by atoms with E-state index < -0.39 is 22.8 Å². The number of rotatable bonds is 5. The van der Waals surface area contributed by atoms with Crippen LogP contribution in [0.25, 0.3) is 6.08 Å². The first-order valence-electron chi connectivity index (χ1n) is 10.7. The van der Waals surface area contributed by atoms with Gasteiger partial charge in [0.25, 0.3) is 17.5 Å². The van der Waals surface area contributed by atoms with Crippen LogP contribution in [0.15, 0.2) is 48.0 Å². The molecule has 4 rings (SSSR count). The molecular formula is C23H24ClN5O5. The number of aryl methyl sites for hydroxylation is 1. The Hall–Kier alpha value is -3.76. The SMILES string of the molecule is CCc1ccc(N2C(=O)NC(=O)/C(=C/c3cc([N+](=O)[O-])ccc3N3CC[NH2+]CC3)C2=O)cc1.[Cl-]. The van der Waals surface area contributed by atoms with Gasteiger partial charge in [0.05, 0.1) is 36.8 Å². The van der Waals surface area contributed by atoms with E-state index in [-0.39, 0.29) is 23.7 Å². The second kappa shape index (κ2) is 10.4. The van der Waals surface area contributed by atoms with Crippen LogP contribution >= 0.6 is 0 Å². The van der Waals surface area contributed by atoms with Gasteiger partial charge in [-0.25, -0.2) is 9.69 Å². The Labute approximate surface area is 202 Å². The Balaban J connectivity index is 0.00000324. The number of barbiturate groups is 1. The molecule has 2 aromatic rings. The van der Waals surface area contributed by atoms with Gasteiger partial charge in [-0.2, -0.15) is 0 Å². The standard InChI is InChI=1S/C23H23N5O5.ClH/c1-2-15-3-5-17(6-4-15)27-22(30)19(21(29)25-23(27)31)14-16-13-18(28(32)33)7-8-20(16)26-11-9-24-10-12-26;/h3-8,13-14,24H,2,9-12H2,1H3,(H,25,29,31);1H/b19-14-;. The number of carbonyl (C=O) groups excluding carboxylic acids is 3. The number of non-ortho nitro benzene ring substituents is 1. The number of halogens is 1. The van der Waals surface area contributed by atoms with Gasteiger partial charge in [-0.1, -0.05) is 19.1 Å². The first-order chi connectivity index (χ1) is 15.9. The predicted molar refractivity (Wildman–Crippen MR) is 122 cm³/mol. The maximum atomic E-state index is 13.2. The van der Waals surface area contributed by atoms with E-state index in [1.807, 2.05) is 19.1 Å². The van der Waals surface area contributed by atoms with Gasteiger partial charge in [0.1, 0.15) is 5.57 Å². The third-order valence-corrected chi connectivity index (χ3v) is 5.77. The fourth-order valence-electron chi connectivity index (χ4n) is 3.98. The van der Waals surface area contributed by atoms with E-state index in [0.29, 0.717) is 16.9 Å².